The molecule has 0 amide bonds. The van der Waals surface area contributed by atoms with Crippen molar-refractivity contribution in [3.8, 4) is 28.1 Å². The molecule has 148 valence electrons. The number of rotatable bonds is 5. The minimum atomic E-state index is -4.61. The summed E-state index contributed by atoms with van der Waals surface area (Å²) in [6.45, 7) is -0.618. The van der Waals surface area contributed by atoms with Crippen molar-refractivity contribution in [1.29, 1.82) is 0 Å². The molecule has 0 radical (unpaired) electrons. The summed E-state index contributed by atoms with van der Waals surface area (Å²) in [5.74, 6) is -2.53. The molecule has 28 heavy (non-hydrogen) atoms. The molecule has 3 aromatic rings. The monoisotopic (exact) mass is 430 g/mol. The van der Waals surface area contributed by atoms with Crippen LogP contribution >= 0.6 is 11.6 Å². The third-order valence-corrected chi connectivity index (χ3v) is 5.17. The van der Waals surface area contributed by atoms with Gasteiger partial charge in [0.1, 0.15) is 29.7 Å². The molecule has 11 heteroatoms. The fraction of sp³-hybridized carbons (Fsp3) is 0.118. The molecule has 0 fully saturated rings. The van der Waals surface area contributed by atoms with Gasteiger partial charge < -0.3 is 14.4 Å². The third kappa shape index (κ3) is 3.59. The first-order valence-electron chi connectivity index (χ1n) is 7.63. The Kier molecular flexibility index (Phi) is 5.39. The summed E-state index contributed by atoms with van der Waals surface area (Å²) in [5.41, 5.74) is 0.541. The van der Waals surface area contributed by atoms with Crippen molar-refractivity contribution in [3.05, 3.63) is 52.7 Å². The second kappa shape index (κ2) is 7.47. The molecule has 0 saturated heterocycles. The lowest BCUT2D eigenvalue weighted by Gasteiger charge is -2.09. The lowest BCUT2D eigenvalue weighted by atomic mass is 9.99. The highest BCUT2D eigenvalue weighted by Crippen LogP contribution is 2.39. The fourth-order valence-corrected chi connectivity index (χ4v) is 3.57. The summed E-state index contributed by atoms with van der Waals surface area (Å²) >= 11 is 6.00. The van der Waals surface area contributed by atoms with Crippen molar-refractivity contribution < 1.29 is 31.6 Å². The van der Waals surface area contributed by atoms with Crippen molar-refractivity contribution in [1.82, 2.24) is 5.16 Å². The number of ether oxygens (including phenoxy) is 1. The predicted octanol–water partition coefficient (Wildman–Crippen LogP) is 3.09. The zero-order valence-corrected chi connectivity index (χ0v) is 15.8. The number of sulfonamides is 1. The van der Waals surface area contributed by atoms with Crippen molar-refractivity contribution in [2.45, 2.75) is 11.5 Å². The van der Waals surface area contributed by atoms with Gasteiger partial charge >= 0.3 is 0 Å². The molecule has 3 rings (SSSR count). The Morgan fingerprint density at radius 1 is 1.21 bits per heavy atom. The molecule has 1 heterocycles. The second-order valence-electron chi connectivity index (χ2n) is 5.65. The maximum atomic E-state index is 14.3. The van der Waals surface area contributed by atoms with Gasteiger partial charge in [-0.15, -0.1) is 0 Å². The predicted molar refractivity (Wildman–Crippen MR) is 96.1 cm³/mol. The smallest absolute Gasteiger partial charge is 0.243 e. The molecule has 2 aromatic carbocycles. The summed E-state index contributed by atoms with van der Waals surface area (Å²) in [4.78, 5) is -1.26. The van der Waals surface area contributed by atoms with Gasteiger partial charge in [0.2, 0.25) is 10.0 Å². The number of nitrogens with zero attached hydrogens (tertiary/aromatic N) is 1. The maximum absolute atomic E-state index is 14.3. The van der Waals surface area contributed by atoms with E-state index in [1.165, 1.54) is 19.2 Å². The normalized spacial score (nSPS) is 11.6. The Morgan fingerprint density at radius 2 is 1.86 bits per heavy atom. The van der Waals surface area contributed by atoms with E-state index in [0.29, 0.717) is 16.3 Å². The molecule has 0 spiro atoms. The quantitative estimate of drug-likeness (QED) is 0.642. The number of nitrogens with two attached hydrogens (primary N) is 1. The highest BCUT2D eigenvalue weighted by Gasteiger charge is 2.26. The molecule has 7 nitrogen and oxygen atoms in total. The Hall–Kier alpha value is -2.53. The highest BCUT2D eigenvalue weighted by atomic mass is 35.5. The fourth-order valence-electron chi connectivity index (χ4n) is 2.71. The summed E-state index contributed by atoms with van der Waals surface area (Å²) in [6, 6.07) is 6.16. The number of primary sulfonamides is 1. The van der Waals surface area contributed by atoms with E-state index in [4.69, 9.17) is 26.0 Å². The number of hydrogen-bond donors (Lipinski definition) is 2. The van der Waals surface area contributed by atoms with Crippen LogP contribution in [0.5, 0.6) is 5.75 Å². The van der Waals surface area contributed by atoms with E-state index >= 15 is 0 Å². The molecule has 0 aliphatic rings. The molecule has 0 aliphatic carbocycles. The van der Waals surface area contributed by atoms with Gasteiger partial charge in [0.15, 0.2) is 10.7 Å². The third-order valence-electron chi connectivity index (χ3n) is 3.90. The number of methoxy groups -OCH3 is 1. The SMILES string of the molecule is COc1cc(-c2noc(CO)c2-c2cc(F)c(S(N)(=O)=O)c(F)c2)ccc1Cl. The van der Waals surface area contributed by atoms with Crippen LogP contribution < -0.4 is 9.88 Å². The molecule has 0 atom stereocenters. The van der Waals surface area contributed by atoms with Crippen LogP contribution in [0.3, 0.4) is 0 Å². The molecular weight excluding hydrogens is 418 g/mol. The summed E-state index contributed by atoms with van der Waals surface area (Å²) in [7, 11) is -3.20. The Bertz CT molecular complexity index is 1140. The number of aliphatic hydroxyl groups is 1. The molecular formula is C17H13ClF2N2O5S. The minimum Gasteiger partial charge on any atom is -0.495 e. The van der Waals surface area contributed by atoms with Crippen molar-refractivity contribution in [3.63, 3.8) is 0 Å². The summed E-state index contributed by atoms with van der Waals surface area (Å²) < 4.78 is 61.6. The van der Waals surface area contributed by atoms with Crippen LogP contribution in [0.4, 0.5) is 8.78 Å². The number of hydrogen-bond acceptors (Lipinski definition) is 6. The van der Waals surface area contributed by atoms with Crippen LogP contribution in [0, 0.1) is 11.6 Å². The van der Waals surface area contributed by atoms with E-state index in [0.717, 1.165) is 12.1 Å². The van der Waals surface area contributed by atoms with Gasteiger partial charge in [0.25, 0.3) is 0 Å². The van der Waals surface area contributed by atoms with Gasteiger partial charge in [-0.05, 0) is 29.8 Å². The van der Waals surface area contributed by atoms with Gasteiger partial charge in [-0.3, -0.25) is 0 Å². The zero-order chi connectivity index (χ0) is 20.6. The molecule has 0 unspecified atom stereocenters. The first-order valence-corrected chi connectivity index (χ1v) is 9.55. The Labute approximate surface area is 163 Å². The van der Waals surface area contributed by atoms with E-state index in [1.807, 2.05) is 0 Å². The first-order chi connectivity index (χ1) is 13.2. The molecule has 1 aromatic heterocycles. The first kappa shape index (κ1) is 20.2. The minimum absolute atomic E-state index is 0.0747. The van der Waals surface area contributed by atoms with Crippen LogP contribution in [0.1, 0.15) is 5.76 Å². The van der Waals surface area contributed by atoms with Crippen LogP contribution in [-0.4, -0.2) is 25.8 Å². The van der Waals surface area contributed by atoms with Gasteiger partial charge in [0, 0.05) is 5.56 Å². The molecule has 0 bridgehead atoms. The zero-order valence-electron chi connectivity index (χ0n) is 14.2. The topological polar surface area (TPSA) is 116 Å². The van der Waals surface area contributed by atoms with Crippen molar-refractivity contribution in [2.24, 2.45) is 5.14 Å². The van der Waals surface area contributed by atoms with Crippen LogP contribution in [0.2, 0.25) is 5.02 Å². The van der Waals surface area contributed by atoms with Crippen molar-refractivity contribution >= 4 is 21.6 Å². The van der Waals surface area contributed by atoms with Gasteiger partial charge in [-0.25, -0.2) is 22.3 Å². The molecule has 0 aliphatic heterocycles. The van der Waals surface area contributed by atoms with E-state index < -0.39 is 33.2 Å². The van der Waals surface area contributed by atoms with Crippen LogP contribution in [0.15, 0.2) is 39.8 Å². The lowest BCUT2D eigenvalue weighted by molar-refractivity contribution is 0.230. The standard InChI is InChI=1S/C17H13ClF2N2O5S/c1-26-13-6-8(2-3-10(13)18)16-15(14(7-23)27-22-16)9-4-11(19)17(12(20)5-9)28(21,24)25/h2-6,23H,7H2,1H3,(H2,21,24,25). The van der Waals surface area contributed by atoms with Crippen LogP contribution in [0.25, 0.3) is 22.4 Å². The number of aromatic nitrogens is 1. The summed E-state index contributed by atoms with van der Waals surface area (Å²) in [6.07, 6.45) is 0. The van der Waals surface area contributed by atoms with Gasteiger partial charge in [-0.1, -0.05) is 22.8 Å². The summed E-state index contributed by atoms with van der Waals surface area (Å²) in [5, 5.41) is 18.5. The average Bonchev–Trinajstić information content (AvgIpc) is 3.04. The largest absolute Gasteiger partial charge is 0.495 e. The van der Waals surface area contributed by atoms with E-state index in [-0.39, 0.29) is 22.6 Å². The maximum Gasteiger partial charge on any atom is 0.243 e. The average molecular weight is 431 g/mol. The molecule has 3 N–H and O–H groups in total. The van der Waals surface area contributed by atoms with Gasteiger partial charge in [0.05, 0.1) is 17.7 Å². The highest BCUT2D eigenvalue weighted by molar-refractivity contribution is 7.89. The number of benzene rings is 2. The van der Waals surface area contributed by atoms with E-state index in [9.17, 15) is 22.3 Å². The Balaban J connectivity index is 2.25. The van der Waals surface area contributed by atoms with E-state index in [2.05, 4.69) is 5.16 Å². The van der Waals surface area contributed by atoms with Gasteiger partial charge in [-0.2, -0.15) is 0 Å². The number of halogens is 3. The van der Waals surface area contributed by atoms with Crippen LogP contribution in [-0.2, 0) is 16.6 Å². The molecule has 0 saturated carbocycles. The second-order valence-corrected chi connectivity index (χ2v) is 7.56. The Morgan fingerprint density at radius 3 is 2.39 bits per heavy atom. The number of aliphatic hydroxyl groups excluding tert-OH is 1. The lowest BCUT2D eigenvalue weighted by Crippen LogP contribution is -2.16. The van der Waals surface area contributed by atoms with Crippen molar-refractivity contribution in [2.75, 3.05) is 7.11 Å². The van der Waals surface area contributed by atoms with E-state index in [1.54, 1.807) is 6.07 Å².